The maximum Gasteiger partial charge on any atom is 0.238 e. The number of carbonyl (C=O) groups excluding carboxylic acids is 1. The van der Waals surface area contributed by atoms with Crippen LogP contribution in [0, 0.1) is 12.7 Å². The topological polar surface area (TPSA) is 32.3 Å². The molecule has 0 unspecified atom stereocenters. The Labute approximate surface area is 136 Å². The lowest BCUT2D eigenvalue weighted by Crippen LogP contribution is -2.32. The molecular formula is C19H21FN2O. The van der Waals surface area contributed by atoms with E-state index in [0.29, 0.717) is 6.54 Å². The van der Waals surface area contributed by atoms with Gasteiger partial charge >= 0.3 is 0 Å². The summed E-state index contributed by atoms with van der Waals surface area (Å²) in [4.78, 5) is 14.4. The van der Waals surface area contributed by atoms with Crippen molar-refractivity contribution in [2.45, 2.75) is 25.8 Å². The van der Waals surface area contributed by atoms with Gasteiger partial charge in [0.25, 0.3) is 0 Å². The van der Waals surface area contributed by atoms with E-state index in [1.165, 1.54) is 17.7 Å². The summed E-state index contributed by atoms with van der Waals surface area (Å²) in [6.07, 6.45) is 2.06. The van der Waals surface area contributed by atoms with Crippen molar-refractivity contribution in [3.8, 4) is 0 Å². The highest BCUT2D eigenvalue weighted by Gasteiger charge is 2.27. The fourth-order valence-corrected chi connectivity index (χ4v) is 3.10. The molecule has 1 aliphatic rings. The molecule has 0 aromatic heterocycles. The third kappa shape index (κ3) is 3.96. The van der Waals surface area contributed by atoms with E-state index in [1.807, 2.05) is 43.3 Å². The van der Waals surface area contributed by atoms with Crippen LogP contribution < -0.4 is 5.32 Å². The van der Waals surface area contributed by atoms with Crippen LogP contribution in [0.25, 0.3) is 0 Å². The number of nitrogens with one attached hydrogen (secondary N) is 1. The summed E-state index contributed by atoms with van der Waals surface area (Å²) in [5.41, 5.74) is 3.06. The lowest BCUT2D eigenvalue weighted by molar-refractivity contribution is -0.117. The molecule has 4 heteroatoms. The minimum atomic E-state index is -0.226. The number of halogens is 1. The first-order valence-corrected chi connectivity index (χ1v) is 7.98. The molecule has 3 rings (SSSR count). The summed E-state index contributed by atoms with van der Waals surface area (Å²) < 4.78 is 13.1. The third-order valence-corrected chi connectivity index (χ3v) is 4.30. The number of anilines is 1. The number of amides is 1. The van der Waals surface area contributed by atoms with Gasteiger partial charge in [-0.05, 0) is 56.1 Å². The van der Waals surface area contributed by atoms with Crippen molar-refractivity contribution in [3.05, 3.63) is 65.5 Å². The Kier molecular flexibility index (Phi) is 4.72. The lowest BCUT2D eigenvalue weighted by Gasteiger charge is -2.24. The first kappa shape index (κ1) is 15.7. The number of nitrogens with zero attached hydrogens (tertiary/aromatic N) is 1. The van der Waals surface area contributed by atoms with E-state index in [2.05, 4.69) is 10.2 Å². The highest BCUT2D eigenvalue weighted by molar-refractivity contribution is 5.92. The highest BCUT2D eigenvalue weighted by Crippen LogP contribution is 2.31. The van der Waals surface area contributed by atoms with Crippen molar-refractivity contribution in [1.29, 1.82) is 0 Å². The third-order valence-electron chi connectivity index (χ3n) is 4.30. The number of rotatable bonds is 4. The fourth-order valence-electron chi connectivity index (χ4n) is 3.10. The highest BCUT2D eigenvalue weighted by atomic mass is 19.1. The quantitative estimate of drug-likeness (QED) is 0.928. The zero-order chi connectivity index (χ0) is 16.2. The van der Waals surface area contributed by atoms with Crippen molar-refractivity contribution in [1.82, 2.24) is 4.90 Å². The number of carbonyl (C=O) groups is 1. The second kappa shape index (κ2) is 6.92. The van der Waals surface area contributed by atoms with Crippen LogP contribution in [0.15, 0.2) is 48.5 Å². The van der Waals surface area contributed by atoms with E-state index in [4.69, 9.17) is 0 Å². The van der Waals surface area contributed by atoms with Crippen LogP contribution >= 0.6 is 0 Å². The van der Waals surface area contributed by atoms with Crippen LogP contribution in [0.3, 0.4) is 0 Å². The zero-order valence-electron chi connectivity index (χ0n) is 13.3. The maximum absolute atomic E-state index is 13.1. The number of aryl methyl sites for hydroxylation is 1. The molecule has 1 saturated heterocycles. The van der Waals surface area contributed by atoms with Crippen LogP contribution in [0.1, 0.15) is 30.0 Å². The van der Waals surface area contributed by atoms with E-state index in [0.717, 1.165) is 30.6 Å². The SMILES string of the molecule is Cc1ccc(NC(=O)CN2CCC[C@@H]2c2ccc(F)cc2)cc1. The van der Waals surface area contributed by atoms with Crippen LogP contribution in [0.4, 0.5) is 10.1 Å². The zero-order valence-corrected chi connectivity index (χ0v) is 13.3. The lowest BCUT2D eigenvalue weighted by atomic mass is 10.0. The molecule has 0 bridgehead atoms. The van der Waals surface area contributed by atoms with Gasteiger partial charge in [-0.3, -0.25) is 9.69 Å². The molecule has 0 radical (unpaired) electrons. The monoisotopic (exact) mass is 312 g/mol. The molecule has 1 fully saturated rings. The van der Waals surface area contributed by atoms with Gasteiger partial charge in [-0.1, -0.05) is 29.8 Å². The van der Waals surface area contributed by atoms with E-state index in [1.54, 1.807) is 0 Å². The molecule has 1 aliphatic heterocycles. The van der Waals surface area contributed by atoms with E-state index in [9.17, 15) is 9.18 Å². The van der Waals surface area contributed by atoms with Gasteiger partial charge in [-0.15, -0.1) is 0 Å². The Morgan fingerprint density at radius 2 is 1.87 bits per heavy atom. The predicted molar refractivity (Wildman–Crippen MR) is 89.8 cm³/mol. The Hall–Kier alpha value is -2.20. The van der Waals surface area contributed by atoms with Gasteiger partial charge in [-0.2, -0.15) is 0 Å². The molecule has 1 heterocycles. The van der Waals surface area contributed by atoms with Crippen molar-refractivity contribution in [2.24, 2.45) is 0 Å². The van der Waals surface area contributed by atoms with Gasteiger partial charge in [-0.25, -0.2) is 4.39 Å². The van der Waals surface area contributed by atoms with Gasteiger partial charge in [0, 0.05) is 11.7 Å². The van der Waals surface area contributed by atoms with Gasteiger partial charge in [0.2, 0.25) is 5.91 Å². The average molecular weight is 312 g/mol. The normalized spacial score (nSPS) is 18.1. The number of hydrogen-bond donors (Lipinski definition) is 1. The average Bonchev–Trinajstić information content (AvgIpc) is 2.98. The second-order valence-corrected chi connectivity index (χ2v) is 6.09. The first-order chi connectivity index (χ1) is 11.1. The standard InChI is InChI=1S/C19H21FN2O/c1-14-4-10-17(11-5-14)21-19(23)13-22-12-2-3-18(22)15-6-8-16(20)9-7-15/h4-11,18H,2-3,12-13H2,1H3,(H,21,23)/t18-/m1/s1. The van der Waals surface area contributed by atoms with E-state index in [-0.39, 0.29) is 17.8 Å². The summed E-state index contributed by atoms with van der Waals surface area (Å²) >= 11 is 0. The molecule has 1 N–H and O–H groups in total. The Morgan fingerprint density at radius 1 is 1.17 bits per heavy atom. The molecule has 2 aromatic rings. The molecule has 0 aliphatic carbocycles. The smallest absolute Gasteiger partial charge is 0.238 e. The number of likely N-dealkylation sites (tertiary alicyclic amines) is 1. The minimum Gasteiger partial charge on any atom is -0.325 e. The van der Waals surface area contributed by atoms with E-state index >= 15 is 0 Å². The number of hydrogen-bond acceptors (Lipinski definition) is 2. The van der Waals surface area contributed by atoms with Gasteiger partial charge in [0.15, 0.2) is 0 Å². The van der Waals surface area contributed by atoms with Crippen molar-refractivity contribution >= 4 is 11.6 Å². The largest absolute Gasteiger partial charge is 0.325 e. The van der Waals surface area contributed by atoms with Gasteiger partial charge in [0.1, 0.15) is 5.82 Å². The Balaban J connectivity index is 1.62. The molecule has 2 aromatic carbocycles. The summed E-state index contributed by atoms with van der Waals surface area (Å²) in [6.45, 7) is 3.27. The summed E-state index contributed by atoms with van der Waals surface area (Å²) in [5, 5.41) is 2.94. The van der Waals surface area contributed by atoms with Crippen LogP contribution in [-0.2, 0) is 4.79 Å². The molecule has 1 amide bonds. The maximum atomic E-state index is 13.1. The van der Waals surface area contributed by atoms with Crippen molar-refractivity contribution < 1.29 is 9.18 Å². The molecular weight excluding hydrogens is 291 g/mol. The minimum absolute atomic E-state index is 0.0112. The van der Waals surface area contributed by atoms with Crippen molar-refractivity contribution in [3.63, 3.8) is 0 Å². The Morgan fingerprint density at radius 3 is 2.57 bits per heavy atom. The molecule has 120 valence electrons. The molecule has 23 heavy (non-hydrogen) atoms. The fraction of sp³-hybridized carbons (Fsp3) is 0.316. The molecule has 0 spiro atoms. The molecule has 3 nitrogen and oxygen atoms in total. The van der Waals surface area contributed by atoms with E-state index < -0.39 is 0 Å². The van der Waals surface area contributed by atoms with Crippen LogP contribution in [0.5, 0.6) is 0 Å². The van der Waals surface area contributed by atoms with Crippen LogP contribution in [0.2, 0.25) is 0 Å². The first-order valence-electron chi connectivity index (χ1n) is 7.98. The van der Waals surface area contributed by atoms with Crippen molar-refractivity contribution in [2.75, 3.05) is 18.4 Å². The van der Waals surface area contributed by atoms with Gasteiger partial charge in [0.05, 0.1) is 6.54 Å². The summed E-state index contributed by atoms with van der Waals surface area (Å²) in [5.74, 6) is -0.238. The van der Waals surface area contributed by atoms with Gasteiger partial charge < -0.3 is 5.32 Å². The van der Waals surface area contributed by atoms with Crippen LogP contribution in [-0.4, -0.2) is 23.9 Å². The molecule has 1 atom stereocenters. The Bertz CT molecular complexity index is 667. The predicted octanol–water partition coefficient (Wildman–Crippen LogP) is 3.91. The second-order valence-electron chi connectivity index (χ2n) is 6.09. The summed E-state index contributed by atoms with van der Waals surface area (Å²) in [6, 6.07) is 14.6. The number of benzene rings is 2. The molecule has 0 saturated carbocycles. The summed E-state index contributed by atoms with van der Waals surface area (Å²) in [7, 11) is 0.